The zero-order valence-corrected chi connectivity index (χ0v) is 26.6. The first-order valence-electron chi connectivity index (χ1n) is 15.6. The molecule has 0 amide bonds. The summed E-state index contributed by atoms with van der Waals surface area (Å²) < 4.78 is 40.2. The fraction of sp³-hybridized carbons (Fsp3) is 0.486. The first-order valence-corrected chi connectivity index (χ1v) is 15.6. The van der Waals surface area contributed by atoms with Crippen LogP contribution >= 0.6 is 0 Å². The van der Waals surface area contributed by atoms with E-state index in [-0.39, 0.29) is 24.3 Å². The van der Waals surface area contributed by atoms with E-state index in [4.69, 9.17) is 33.2 Å². The van der Waals surface area contributed by atoms with Crippen molar-refractivity contribution in [1.82, 2.24) is 5.32 Å². The SMILES string of the molecule is CN[C@H]1[C@@H](O[C@@H]2C3CC#C[C@H]4O[C@@]4(C4COC(=O)O4)C#CC3=C[C@H]2OC(=O)c2c(O)ccc3c(C)cc(OC)cc23)O[C@H](C)[C@H](O)[C@@H]1O. The number of aromatic hydroxyl groups is 1. The van der Waals surface area contributed by atoms with Gasteiger partial charge in [-0.25, -0.2) is 9.59 Å². The molecule has 0 radical (unpaired) electrons. The van der Waals surface area contributed by atoms with Gasteiger partial charge < -0.3 is 53.8 Å². The molecule has 0 bridgehead atoms. The molecule has 252 valence electrons. The molecule has 2 aliphatic carbocycles. The van der Waals surface area contributed by atoms with Gasteiger partial charge in [0.1, 0.15) is 48.1 Å². The minimum Gasteiger partial charge on any atom is -0.507 e. The lowest BCUT2D eigenvalue weighted by Crippen LogP contribution is -2.63. The number of methoxy groups -OCH3 is 1. The Labute approximate surface area is 276 Å². The number of esters is 1. The van der Waals surface area contributed by atoms with Crippen LogP contribution < -0.4 is 10.1 Å². The van der Waals surface area contributed by atoms with Crippen molar-refractivity contribution in [1.29, 1.82) is 0 Å². The third-order valence-electron chi connectivity index (χ3n) is 9.58. The van der Waals surface area contributed by atoms with Crippen molar-refractivity contribution >= 4 is 22.9 Å². The van der Waals surface area contributed by atoms with Crippen molar-refractivity contribution in [3.8, 4) is 35.2 Å². The molecule has 3 heterocycles. The molecule has 0 aromatic heterocycles. The molecule has 3 saturated heterocycles. The highest BCUT2D eigenvalue weighted by Gasteiger charge is 2.65. The monoisotopic (exact) mass is 661 g/mol. The van der Waals surface area contributed by atoms with Crippen LogP contribution in [0.25, 0.3) is 10.8 Å². The van der Waals surface area contributed by atoms with Gasteiger partial charge in [0, 0.05) is 23.3 Å². The minimum atomic E-state index is -1.22. The lowest BCUT2D eigenvalue weighted by atomic mass is 9.94. The molecule has 5 aliphatic rings. The van der Waals surface area contributed by atoms with E-state index in [0.29, 0.717) is 16.7 Å². The number of aliphatic hydroxyl groups is 2. The lowest BCUT2D eigenvalue weighted by molar-refractivity contribution is -0.281. The number of benzene rings is 2. The average Bonchev–Trinajstić information content (AvgIpc) is 3.39. The molecular formula is C35H35NO12. The molecule has 2 unspecified atom stereocenters. The first-order chi connectivity index (χ1) is 23.0. The van der Waals surface area contributed by atoms with Gasteiger partial charge in [0.25, 0.3) is 0 Å². The van der Waals surface area contributed by atoms with Crippen LogP contribution in [0, 0.1) is 36.5 Å². The maximum absolute atomic E-state index is 14.0. The van der Waals surface area contributed by atoms with Gasteiger partial charge in [-0.2, -0.15) is 0 Å². The van der Waals surface area contributed by atoms with Crippen molar-refractivity contribution in [3.05, 3.63) is 47.0 Å². The summed E-state index contributed by atoms with van der Waals surface area (Å²) in [5, 5.41) is 36.3. The molecule has 7 rings (SSSR count). The van der Waals surface area contributed by atoms with Crippen LogP contribution in [0.15, 0.2) is 35.9 Å². The fourth-order valence-electron chi connectivity index (χ4n) is 6.82. The number of hydrogen-bond donors (Lipinski definition) is 4. The molecule has 0 saturated carbocycles. The molecule has 11 atom stereocenters. The summed E-state index contributed by atoms with van der Waals surface area (Å²) in [6.45, 7) is 3.46. The van der Waals surface area contributed by atoms with Crippen LogP contribution in [-0.4, -0.2) is 109 Å². The molecule has 4 N–H and O–H groups in total. The number of epoxide rings is 1. The van der Waals surface area contributed by atoms with Gasteiger partial charge in [-0.3, -0.25) is 0 Å². The minimum absolute atomic E-state index is 0.0320. The van der Waals surface area contributed by atoms with E-state index < -0.39 is 78.7 Å². The number of phenols is 1. The number of likely N-dealkylation sites (N-methyl/N-ethyl adjacent to an activating group) is 1. The van der Waals surface area contributed by atoms with E-state index in [2.05, 4.69) is 29.0 Å². The molecule has 2 aromatic carbocycles. The summed E-state index contributed by atoms with van der Waals surface area (Å²) in [4.78, 5) is 25.7. The number of carbonyl (C=O) groups excluding carboxylic acids is 2. The summed E-state index contributed by atoms with van der Waals surface area (Å²) in [7, 11) is 3.12. The van der Waals surface area contributed by atoms with E-state index >= 15 is 0 Å². The third kappa shape index (κ3) is 5.43. The number of nitrogens with one attached hydrogen (secondary N) is 1. The van der Waals surface area contributed by atoms with Crippen LogP contribution in [0.3, 0.4) is 0 Å². The number of phenolic OH excluding ortho intramolecular Hbond substituents is 1. The van der Waals surface area contributed by atoms with Gasteiger partial charge in [0.2, 0.25) is 5.60 Å². The van der Waals surface area contributed by atoms with E-state index in [9.17, 15) is 24.9 Å². The van der Waals surface area contributed by atoms with Gasteiger partial charge in [-0.15, -0.1) is 0 Å². The maximum atomic E-state index is 14.0. The highest BCUT2D eigenvalue weighted by atomic mass is 16.8. The number of rotatable bonds is 7. The molecular weight excluding hydrogens is 626 g/mol. The molecule has 48 heavy (non-hydrogen) atoms. The highest BCUT2D eigenvalue weighted by Crippen LogP contribution is 2.44. The second-order valence-corrected chi connectivity index (χ2v) is 12.4. The van der Waals surface area contributed by atoms with Crippen molar-refractivity contribution in [2.24, 2.45) is 5.92 Å². The standard InChI is InChI=1S/C35H35NO12/c1-16-12-19(42-4)14-22-20(16)8-9-23(37)27(22)32(40)45-24-13-18-10-11-35(26-15-43-34(41)46-26)25(48-35)7-5-6-21(18)31(24)47-33-28(36-3)30(39)29(38)17(2)44-33/h8-9,12-14,17,21,24-26,28-31,33,36-39H,6,15H2,1-4H3/t17-,21?,24-,25-,26?,28-,29+,30-,31-,33-,35+/m1/s1. The van der Waals surface area contributed by atoms with Gasteiger partial charge in [-0.1, -0.05) is 29.7 Å². The second kappa shape index (κ2) is 12.3. The van der Waals surface area contributed by atoms with Gasteiger partial charge in [0.05, 0.1) is 19.3 Å². The van der Waals surface area contributed by atoms with Crippen molar-refractivity contribution in [3.63, 3.8) is 0 Å². The van der Waals surface area contributed by atoms with Crippen LogP contribution in [0.1, 0.15) is 29.3 Å². The number of hydrogen-bond acceptors (Lipinski definition) is 13. The molecule has 13 heteroatoms. The maximum Gasteiger partial charge on any atom is 0.508 e. The third-order valence-corrected chi connectivity index (χ3v) is 9.58. The number of fused-ring (bicyclic) bond motifs is 3. The quantitative estimate of drug-likeness (QED) is 0.191. The average molecular weight is 662 g/mol. The Morgan fingerprint density at radius 1 is 1.17 bits per heavy atom. The summed E-state index contributed by atoms with van der Waals surface area (Å²) >= 11 is 0. The Hall–Kier alpha value is -4.34. The predicted molar refractivity (Wildman–Crippen MR) is 166 cm³/mol. The van der Waals surface area contributed by atoms with Crippen LogP contribution in [-0.2, 0) is 28.4 Å². The Morgan fingerprint density at radius 2 is 1.98 bits per heavy atom. The first kappa shape index (κ1) is 32.2. The normalized spacial score (nSPS) is 36.3. The smallest absolute Gasteiger partial charge is 0.507 e. The molecule has 0 spiro atoms. The van der Waals surface area contributed by atoms with E-state index in [1.165, 1.54) is 13.2 Å². The Morgan fingerprint density at radius 3 is 2.71 bits per heavy atom. The van der Waals surface area contributed by atoms with Crippen LogP contribution in [0.4, 0.5) is 4.79 Å². The molecule has 3 aliphatic heterocycles. The van der Waals surface area contributed by atoms with Crippen molar-refractivity contribution in [2.75, 3.05) is 20.8 Å². The topological polar surface area (TPSA) is 175 Å². The number of aliphatic hydroxyl groups excluding tert-OH is 2. The van der Waals surface area contributed by atoms with E-state index in [1.807, 2.05) is 13.0 Å². The number of aryl methyl sites for hydroxylation is 1. The molecule has 13 nitrogen and oxygen atoms in total. The van der Waals surface area contributed by atoms with Crippen LogP contribution in [0.2, 0.25) is 0 Å². The van der Waals surface area contributed by atoms with Crippen molar-refractivity contribution < 1.29 is 58.1 Å². The van der Waals surface area contributed by atoms with Gasteiger partial charge >= 0.3 is 12.1 Å². The summed E-state index contributed by atoms with van der Waals surface area (Å²) in [5.74, 6) is 11.3. The number of ether oxygens (including phenoxy) is 7. The van der Waals surface area contributed by atoms with Crippen molar-refractivity contribution in [2.45, 2.75) is 80.9 Å². The number of cyclic esters (lactones) is 2. The Kier molecular flexibility index (Phi) is 8.24. The second-order valence-electron chi connectivity index (χ2n) is 12.4. The summed E-state index contributed by atoms with van der Waals surface area (Å²) in [5.41, 5.74) is 0.147. The fourth-order valence-corrected chi connectivity index (χ4v) is 6.82. The molecule has 3 fully saturated rings. The van der Waals surface area contributed by atoms with Gasteiger partial charge in [0.15, 0.2) is 18.5 Å². The predicted octanol–water partition coefficient (Wildman–Crippen LogP) is 1.47. The van der Waals surface area contributed by atoms with Gasteiger partial charge in [-0.05, 0) is 56.1 Å². The highest BCUT2D eigenvalue weighted by molar-refractivity contribution is 6.08. The largest absolute Gasteiger partial charge is 0.508 e. The van der Waals surface area contributed by atoms with Crippen LogP contribution in [0.5, 0.6) is 11.5 Å². The molecule has 2 aromatic rings. The Balaban J connectivity index is 1.26. The summed E-state index contributed by atoms with van der Waals surface area (Å²) in [6.07, 6.45) is -6.46. The number of carbonyl (C=O) groups is 2. The van der Waals surface area contributed by atoms with E-state index in [1.54, 1.807) is 32.2 Å². The van der Waals surface area contributed by atoms with E-state index in [0.717, 1.165) is 10.9 Å². The zero-order chi connectivity index (χ0) is 33.9. The lowest BCUT2D eigenvalue weighted by Gasteiger charge is -2.43. The Bertz CT molecular complexity index is 1820. The zero-order valence-electron chi connectivity index (χ0n) is 26.6. The summed E-state index contributed by atoms with van der Waals surface area (Å²) in [6, 6.07) is 5.81.